The zero-order chi connectivity index (χ0) is 25.2. The van der Waals surface area contributed by atoms with Gasteiger partial charge in [0, 0.05) is 36.6 Å². The minimum Gasteiger partial charge on any atom is -0.421 e. The average molecular weight is 556 g/mol. The van der Waals surface area contributed by atoms with Gasteiger partial charge in [-0.05, 0) is 42.0 Å². The van der Waals surface area contributed by atoms with Crippen LogP contribution >= 0.6 is 24.0 Å². The number of alkyl halides is 6. The summed E-state index contributed by atoms with van der Waals surface area (Å²) in [5, 5.41) is 8.09. The van der Waals surface area contributed by atoms with Gasteiger partial charge in [-0.3, -0.25) is 4.90 Å². The van der Waals surface area contributed by atoms with E-state index in [1.165, 1.54) is 12.1 Å². The van der Waals surface area contributed by atoms with Crippen LogP contribution in [0.25, 0.3) is 11.5 Å². The molecule has 36 heavy (non-hydrogen) atoms. The Balaban J connectivity index is 0.00000361. The molecule has 0 aliphatic carbocycles. The first kappa shape index (κ1) is 28.2. The van der Waals surface area contributed by atoms with E-state index in [2.05, 4.69) is 10.2 Å². The van der Waals surface area contributed by atoms with Gasteiger partial charge in [-0.15, -0.1) is 22.6 Å². The molecule has 2 atom stereocenters. The lowest BCUT2D eigenvalue weighted by atomic mass is 10.0. The van der Waals surface area contributed by atoms with Crippen molar-refractivity contribution in [3.8, 4) is 11.5 Å². The van der Waals surface area contributed by atoms with Crippen molar-refractivity contribution >= 4 is 24.0 Å². The summed E-state index contributed by atoms with van der Waals surface area (Å²) in [6.07, 6.45) is -10.1. The Morgan fingerprint density at radius 3 is 2.25 bits per heavy atom. The molecular formula is C23H21Cl2F6N3O2. The molecule has 0 bridgehead atoms. The monoisotopic (exact) mass is 555 g/mol. The number of nitrogens with zero attached hydrogens (tertiary/aromatic N) is 3. The van der Waals surface area contributed by atoms with Crippen LogP contribution in [0.5, 0.6) is 0 Å². The molecular weight excluding hydrogens is 535 g/mol. The zero-order valence-corrected chi connectivity index (χ0v) is 20.1. The van der Waals surface area contributed by atoms with Crippen molar-refractivity contribution in [2.45, 2.75) is 24.9 Å². The van der Waals surface area contributed by atoms with E-state index >= 15 is 0 Å². The maximum atomic E-state index is 13.8. The fourth-order valence-electron chi connectivity index (χ4n) is 3.81. The number of benzene rings is 2. The molecule has 1 aliphatic rings. The maximum absolute atomic E-state index is 13.8. The second kappa shape index (κ2) is 11.4. The summed E-state index contributed by atoms with van der Waals surface area (Å²) in [5.74, 6) is -1.84. The molecule has 4 rings (SSSR count). The first-order valence-corrected chi connectivity index (χ1v) is 11.0. The Hall–Kier alpha value is -2.34. The van der Waals surface area contributed by atoms with Gasteiger partial charge in [0.05, 0.1) is 24.2 Å². The number of hydrogen-bond acceptors (Lipinski definition) is 5. The summed E-state index contributed by atoms with van der Waals surface area (Å²) in [7, 11) is 0. The molecule has 1 fully saturated rings. The standard InChI is InChI=1S/C23H20ClF6N3O2.ClH/c24-18-7-3-15(4-8-18)21-32-31-20(35-21)11-17(23(28,29)30)12-33-9-10-34-19(13-33)14-1-5-16(6-2-14)22(25,26)27;/h1-8,17,19H,9-13H2;1H. The van der Waals surface area contributed by atoms with Gasteiger partial charge in [0.15, 0.2) is 0 Å². The van der Waals surface area contributed by atoms with Gasteiger partial charge in [0.25, 0.3) is 0 Å². The van der Waals surface area contributed by atoms with Crippen molar-refractivity contribution in [1.29, 1.82) is 0 Å². The first-order chi connectivity index (χ1) is 16.5. The number of hydrogen-bond donors (Lipinski definition) is 0. The van der Waals surface area contributed by atoms with Crippen LogP contribution in [0.3, 0.4) is 0 Å². The summed E-state index contributed by atoms with van der Waals surface area (Å²) < 4.78 is 91.0. The quantitative estimate of drug-likeness (QED) is 0.320. The van der Waals surface area contributed by atoms with Gasteiger partial charge < -0.3 is 9.15 Å². The third kappa shape index (κ3) is 7.12. The van der Waals surface area contributed by atoms with Crippen LogP contribution in [0.4, 0.5) is 26.3 Å². The molecule has 1 saturated heterocycles. The van der Waals surface area contributed by atoms with E-state index in [1.807, 2.05) is 0 Å². The Kier molecular flexibility index (Phi) is 8.92. The molecule has 2 aromatic carbocycles. The van der Waals surface area contributed by atoms with E-state index in [9.17, 15) is 26.3 Å². The van der Waals surface area contributed by atoms with Crippen LogP contribution in [0.15, 0.2) is 52.9 Å². The maximum Gasteiger partial charge on any atom is 0.416 e. The lowest BCUT2D eigenvalue weighted by Gasteiger charge is -2.35. The summed E-state index contributed by atoms with van der Waals surface area (Å²) >= 11 is 5.84. The van der Waals surface area contributed by atoms with Gasteiger partial charge in [-0.1, -0.05) is 23.7 Å². The number of rotatable bonds is 6. The zero-order valence-electron chi connectivity index (χ0n) is 18.5. The highest BCUT2D eigenvalue weighted by Gasteiger charge is 2.42. The molecule has 1 aromatic heterocycles. The minimum atomic E-state index is -4.53. The second-order valence-electron chi connectivity index (χ2n) is 8.19. The lowest BCUT2D eigenvalue weighted by Crippen LogP contribution is -2.44. The van der Waals surface area contributed by atoms with Gasteiger partial charge in [-0.2, -0.15) is 26.3 Å². The molecule has 0 spiro atoms. The highest BCUT2D eigenvalue weighted by molar-refractivity contribution is 6.30. The highest BCUT2D eigenvalue weighted by atomic mass is 35.5. The average Bonchev–Trinajstić information content (AvgIpc) is 3.27. The highest BCUT2D eigenvalue weighted by Crippen LogP contribution is 2.34. The van der Waals surface area contributed by atoms with Crippen LogP contribution in [0.1, 0.15) is 23.1 Å². The third-order valence-corrected chi connectivity index (χ3v) is 5.93. The molecule has 196 valence electrons. The fraction of sp³-hybridized carbons (Fsp3) is 0.391. The summed E-state index contributed by atoms with van der Waals surface area (Å²) in [4.78, 5) is 1.58. The molecule has 0 saturated carbocycles. The predicted octanol–water partition coefficient (Wildman–Crippen LogP) is 6.63. The second-order valence-corrected chi connectivity index (χ2v) is 8.63. The number of halogens is 8. The van der Waals surface area contributed by atoms with Crippen LogP contribution < -0.4 is 0 Å². The van der Waals surface area contributed by atoms with Crippen molar-refractivity contribution in [2.75, 3.05) is 26.2 Å². The van der Waals surface area contributed by atoms with E-state index in [4.69, 9.17) is 20.8 Å². The van der Waals surface area contributed by atoms with Crippen molar-refractivity contribution in [3.63, 3.8) is 0 Å². The molecule has 2 heterocycles. The molecule has 3 aromatic rings. The van der Waals surface area contributed by atoms with Crippen molar-refractivity contribution in [3.05, 3.63) is 70.6 Å². The van der Waals surface area contributed by atoms with E-state index < -0.39 is 36.4 Å². The summed E-state index contributed by atoms with van der Waals surface area (Å²) in [6.45, 7) is 0.168. The molecule has 0 N–H and O–H groups in total. The fourth-order valence-corrected chi connectivity index (χ4v) is 3.93. The topological polar surface area (TPSA) is 51.4 Å². The normalized spacial score (nSPS) is 18.0. The smallest absolute Gasteiger partial charge is 0.416 e. The number of ether oxygens (including phenoxy) is 1. The predicted molar refractivity (Wildman–Crippen MR) is 122 cm³/mol. The Morgan fingerprint density at radius 2 is 1.64 bits per heavy atom. The molecule has 2 unspecified atom stereocenters. The van der Waals surface area contributed by atoms with E-state index in [0.29, 0.717) is 16.1 Å². The summed E-state index contributed by atoms with van der Waals surface area (Å²) in [5.41, 5.74) is 0.198. The molecule has 1 aliphatic heterocycles. The van der Waals surface area contributed by atoms with Crippen LogP contribution in [-0.2, 0) is 17.3 Å². The molecule has 13 heteroatoms. The van der Waals surface area contributed by atoms with Crippen LogP contribution in [0.2, 0.25) is 5.02 Å². The van der Waals surface area contributed by atoms with Crippen LogP contribution in [0, 0.1) is 5.92 Å². The van der Waals surface area contributed by atoms with Gasteiger partial charge >= 0.3 is 12.4 Å². The van der Waals surface area contributed by atoms with E-state index in [-0.39, 0.29) is 50.4 Å². The Bertz CT molecular complexity index is 1120. The minimum absolute atomic E-state index is 0. The van der Waals surface area contributed by atoms with Crippen molar-refractivity contribution in [2.24, 2.45) is 5.92 Å². The van der Waals surface area contributed by atoms with Crippen molar-refractivity contribution < 1.29 is 35.5 Å². The Morgan fingerprint density at radius 1 is 0.972 bits per heavy atom. The van der Waals surface area contributed by atoms with Crippen molar-refractivity contribution in [1.82, 2.24) is 15.1 Å². The SMILES string of the molecule is Cl.FC(F)(F)c1ccc(C2CN(CC(Cc3nnc(-c4ccc(Cl)cc4)o3)C(F)(F)F)CCO2)cc1. The Labute approximate surface area is 213 Å². The van der Waals surface area contributed by atoms with E-state index in [1.54, 1.807) is 29.2 Å². The van der Waals surface area contributed by atoms with E-state index in [0.717, 1.165) is 12.1 Å². The van der Waals surface area contributed by atoms with Gasteiger partial charge in [0.2, 0.25) is 11.8 Å². The first-order valence-electron chi connectivity index (χ1n) is 10.6. The third-order valence-electron chi connectivity index (χ3n) is 5.68. The van der Waals surface area contributed by atoms with Gasteiger partial charge in [0.1, 0.15) is 0 Å². The largest absolute Gasteiger partial charge is 0.421 e. The van der Waals surface area contributed by atoms with Gasteiger partial charge in [-0.25, -0.2) is 0 Å². The molecule has 0 amide bonds. The molecule has 0 radical (unpaired) electrons. The molecule has 5 nitrogen and oxygen atoms in total. The lowest BCUT2D eigenvalue weighted by molar-refractivity contribution is -0.183. The summed E-state index contributed by atoms with van der Waals surface area (Å²) in [6, 6.07) is 10.9. The number of aromatic nitrogens is 2. The van der Waals surface area contributed by atoms with Crippen LogP contribution in [-0.4, -0.2) is 47.5 Å². The number of morpholine rings is 1.